The molecular weight excluding hydrogens is 270 g/mol. The van der Waals surface area contributed by atoms with Gasteiger partial charge in [0.2, 0.25) is 0 Å². The molecule has 0 bridgehead atoms. The van der Waals surface area contributed by atoms with Crippen molar-refractivity contribution in [1.29, 1.82) is 5.26 Å². The molecule has 0 unspecified atom stereocenters. The standard InChI is InChI=1S/C14H13N5O2/c15-5-11-7-19-14(8-17-11)18-6-10-2-1-3-12(4-10)21-9-13(16)20/h1-4,7-8H,6,9H2,(H2,16,20)(H,18,19). The van der Waals surface area contributed by atoms with E-state index in [-0.39, 0.29) is 12.3 Å². The van der Waals surface area contributed by atoms with Gasteiger partial charge >= 0.3 is 0 Å². The number of hydrogen-bond donors (Lipinski definition) is 2. The fraction of sp³-hybridized carbons (Fsp3) is 0.143. The van der Waals surface area contributed by atoms with E-state index in [0.717, 1.165) is 5.56 Å². The lowest BCUT2D eigenvalue weighted by Gasteiger charge is -2.08. The zero-order valence-corrected chi connectivity index (χ0v) is 11.1. The summed E-state index contributed by atoms with van der Waals surface area (Å²) in [5, 5.41) is 11.7. The van der Waals surface area contributed by atoms with Crippen LogP contribution in [0.3, 0.4) is 0 Å². The molecule has 0 aliphatic heterocycles. The van der Waals surface area contributed by atoms with Gasteiger partial charge in [0.25, 0.3) is 5.91 Å². The highest BCUT2D eigenvalue weighted by molar-refractivity contribution is 5.75. The van der Waals surface area contributed by atoms with Crippen LogP contribution in [0.4, 0.5) is 5.82 Å². The molecule has 1 aromatic heterocycles. The molecule has 1 aromatic carbocycles. The molecule has 2 aromatic rings. The normalized spacial score (nSPS) is 9.67. The van der Waals surface area contributed by atoms with Crippen molar-refractivity contribution < 1.29 is 9.53 Å². The number of aromatic nitrogens is 2. The number of nitrogens with one attached hydrogen (secondary N) is 1. The highest BCUT2D eigenvalue weighted by Crippen LogP contribution is 2.14. The summed E-state index contributed by atoms with van der Waals surface area (Å²) >= 11 is 0. The third-order valence-electron chi connectivity index (χ3n) is 2.52. The largest absolute Gasteiger partial charge is 0.484 e. The molecule has 0 spiro atoms. The van der Waals surface area contributed by atoms with Crippen LogP contribution in [-0.2, 0) is 11.3 Å². The van der Waals surface area contributed by atoms with Gasteiger partial charge in [0, 0.05) is 6.54 Å². The molecule has 0 fully saturated rings. The summed E-state index contributed by atoms with van der Waals surface area (Å²) in [6, 6.07) is 9.17. The van der Waals surface area contributed by atoms with E-state index in [2.05, 4.69) is 15.3 Å². The topological polar surface area (TPSA) is 114 Å². The predicted octanol–water partition coefficient (Wildman–Crippen LogP) is 0.824. The van der Waals surface area contributed by atoms with Crippen LogP contribution in [0.25, 0.3) is 0 Å². The van der Waals surface area contributed by atoms with Crippen LogP contribution in [0.2, 0.25) is 0 Å². The first kappa shape index (κ1) is 14.3. The summed E-state index contributed by atoms with van der Waals surface area (Å²) in [4.78, 5) is 18.6. The van der Waals surface area contributed by atoms with E-state index in [1.807, 2.05) is 18.2 Å². The summed E-state index contributed by atoms with van der Waals surface area (Å²) in [7, 11) is 0. The second-order valence-electron chi connectivity index (χ2n) is 4.15. The number of primary amides is 1. The molecule has 0 atom stereocenters. The van der Waals surface area contributed by atoms with Gasteiger partial charge < -0.3 is 15.8 Å². The Kier molecular flexibility index (Phi) is 4.66. The van der Waals surface area contributed by atoms with Crippen molar-refractivity contribution in [2.75, 3.05) is 11.9 Å². The van der Waals surface area contributed by atoms with E-state index < -0.39 is 5.91 Å². The molecule has 0 saturated carbocycles. The number of benzene rings is 1. The Morgan fingerprint density at radius 1 is 1.38 bits per heavy atom. The molecule has 0 aliphatic carbocycles. The number of hydrogen-bond acceptors (Lipinski definition) is 6. The lowest BCUT2D eigenvalue weighted by atomic mass is 10.2. The van der Waals surface area contributed by atoms with E-state index >= 15 is 0 Å². The number of carbonyl (C=O) groups is 1. The van der Waals surface area contributed by atoms with Crippen LogP contribution in [-0.4, -0.2) is 22.5 Å². The minimum absolute atomic E-state index is 0.155. The second kappa shape index (κ2) is 6.86. The Balaban J connectivity index is 1.94. The van der Waals surface area contributed by atoms with E-state index in [1.165, 1.54) is 12.4 Å². The highest BCUT2D eigenvalue weighted by atomic mass is 16.5. The third kappa shape index (κ3) is 4.47. The van der Waals surface area contributed by atoms with E-state index in [9.17, 15) is 4.79 Å². The second-order valence-corrected chi connectivity index (χ2v) is 4.15. The van der Waals surface area contributed by atoms with E-state index in [1.54, 1.807) is 12.1 Å². The van der Waals surface area contributed by atoms with Gasteiger partial charge in [0.15, 0.2) is 12.3 Å². The lowest BCUT2D eigenvalue weighted by molar-refractivity contribution is -0.119. The van der Waals surface area contributed by atoms with E-state index in [4.69, 9.17) is 15.7 Å². The van der Waals surface area contributed by atoms with Gasteiger partial charge in [-0.3, -0.25) is 4.79 Å². The fourth-order valence-electron chi connectivity index (χ4n) is 1.57. The van der Waals surface area contributed by atoms with Gasteiger partial charge in [-0.05, 0) is 17.7 Å². The molecule has 0 aliphatic rings. The molecule has 0 saturated heterocycles. The quantitative estimate of drug-likeness (QED) is 0.811. The molecule has 106 valence electrons. The van der Waals surface area contributed by atoms with Gasteiger partial charge in [-0.2, -0.15) is 5.26 Å². The molecule has 3 N–H and O–H groups in total. The highest BCUT2D eigenvalue weighted by Gasteiger charge is 2.01. The van der Waals surface area contributed by atoms with E-state index in [0.29, 0.717) is 18.1 Å². The Labute approximate surface area is 121 Å². The molecule has 7 heteroatoms. The molecule has 1 heterocycles. The number of nitrogens with two attached hydrogens (primary N) is 1. The van der Waals surface area contributed by atoms with Gasteiger partial charge in [0.05, 0.1) is 12.4 Å². The van der Waals surface area contributed by atoms with Crippen LogP contribution >= 0.6 is 0 Å². The Hall–Kier alpha value is -3.14. The number of rotatable bonds is 6. The van der Waals surface area contributed by atoms with Crippen LogP contribution in [0.15, 0.2) is 36.7 Å². The smallest absolute Gasteiger partial charge is 0.255 e. The van der Waals surface area contributed by atoms with Crippen molar-refractivity contribution in [1.82, 2.24) is 9.97 Å². The minimum atomic E-state index is -0.522. The van der Waals surface area contributed by atoms with Crippen molar-refractivity contribution in [3.63, 3.8) is 0 Å². The number of anilines is 1. The first-order valence-electron chi connectivity index (χ1n) is 6.13. The zero-order chi connectivity index (χ0) is 15.1. The SMILES string of the molecule is N#Cc1cnc(NCc2cccc(OCC(N)=O)c2)cn1. The number of nitrogens with zero attached hydrogens (tertiary/aromatic N) is 3. The monoisotopic (exact) mass is 283 g/mol. The summed E-state index contributed by atoms with van der Waals surface area (Å²) in [6.07, 6.45) is 2.89. The maximum absolute atomic E-state index is 10.7. The predicted molar refractivity (Wildman–Crippen MR) is 75.2 cm³/mol. The average molecular weight is 283 g/mol. The molecule has 7 nitrogen and oxygen atoms in total. The maximum Gasteiger partial charge on any atom is 0.255 e. The number of carbonyl (C=O) groups excluding carboxylic acids is 1. The molecule has 2 rings (SSSR count). The lowest BCUT2D eigenvalue weighted by Crippen LogP contribution is -2.20. The molecule has 0 radical (unpaired) electrons. The summed E-state index contributed by atoms with van der Waals surface area (Å²) < 4.78 is 5.22. The van der Waals surface area contributed by atoms with Crippen LogP contribution in [0.5, 0.6) is 5.75 Å². The van der Waals surface area contributed by atoms with Crippen molar-refractivity contribution in [2.24, 2.45) is 5.73 Å². The van der Waals surface area contributed by atoms with Crippen LogP contribution in [0, 0.1) is 11.3 Å². The third-order valence-corrected chi connectivity index (χ3v) is 2.52. The van der Waals surface area contributed by atoms with Crippen molar-refractivity contribution >= 4 is 11.7 Å². The van der Waals surface area contributed by atoms with Gasteiger partial charge in [-0.15, -0.1) is 0 Å². The molecule has 21 heavy (non-hydrogen) atoms. The molecule has 1 amide bonds. The van der Waals surface area contributed by atoms with Crippen molar-refractivity contribution in [3.8, 4) is 11.8 Å². The number of amides is 1. The van der Waals surface area contributed by atoms with Crippen molar-refractivity contribution in [2.45, 2.75) is 6.54 Å². The first-order valence-corrected chi connectivity index (χ1v) is 6.13. The maximum atomic E-state index is 10.7. The number of nitriles is 1. The Morgan fingerprint density at radius 3 is 2.90 bits per heavy atom. The summed E-state index contributed by atoms with van der Waals surface area (Å²) in [6.45, 7) is 0.354. The Morgan fingerprint density at radius 2 is 2.24 bits per heavy atom. The first-order chi connectivity index (χ1) is 10.2. The zero-order valence-electron chi connectivity index (χ0n) is 11.1. The summed E-state index contributed by atoms with van der Waals surface area (Å²) in [5.74, 6) is 0.614. The molecular formula is C14H13N5O2. The van der Waals surface area contributed by atoms with Gasteiger partial charge in [-0.1, -0.05) is 12.1 Å². The van der Waals surface area contributed by atoms with Gasteiger partial charge in [0.1, 0.15) is 17.6 Å². The van der Waals surface area contributed by atoms with Crippen LogP contribution in [0.1, 0.15) is 11.3 Å². The number of ether oxygens (including phenoxy) is 1. The Bertz CT molecular complexity index is 664. The minimum Gasteiger partial charge on any atom is -0.484 e. The fourth-order valence-corrected chi connectivity index (χ4v) is 1.57. The summed E-state index contributed by atoms with van der Waals surface area (Å²) in [5.41, 5.74) is 6.24. The average Bonchev–Trinajstić information content (AvgIpc) is 2.52. The van der Waals surface area contributed by atoms with Gasteiger partial charge in [-0.25, -0.2) is 9.97 Å². The van der Waals surface area contributed by atoms with Crippen LogP contribution < -0.4 is 15.8 Å². The van der Waals surface area contributed by atoms with Crippen molar-refractivity contribution in [3.05, 3.63) is 47.9 Å².